The highest BCUT2D eigenvalue weighted by molar-refractivity contribution is 5.97. The van der Waals surface area contributed by atoms with E-state index in [1.165, 1.54) is 0 Å². The number of imidazole rings is 1. The molecule has 23 heavy (non-hydrogen) atoms. The Morgan fingerprint density at radius 3 is 2.74 bits per heavy atom. The maximum absolute atomic E-state index is 12.1. The van der Waals surface area contributed by atoms with Gasteiger partial charge in [-0.1, -0.05) is 0 Å². The summed E-state index contributed by atoms with van der Waals surface area (Å²) in [5, 5.41) is 2.83. The highest BCUT2D eigenvalue weighted by Crippen LogP contribution is 2.16. The molecule has 0 radical (unpaired) electrons. The van der Waals surface area contributed by atoms with Crippen molar-refractivity contribution in [2.45, 2.75) is 0 Å². The molecule has 0 bridgehead atoms. The van der Waals surface area contributed by atoms with E-state index in [0.717, 1.165) is 22.5 Å². The van der Waals surface area contributed by atoms with E-state index in [1.54, 1.807) is 25.6 Å². The van der Waals surface area contributed by atoms with Crippen LogP contribution in [0.3, 0.4) is 0 Å². The number of methoxy groups -OCH3 is 1. The van der Waals surface area contributed by atoms with Crippen molar-refractivity contribution in [3.8, 4) is 11.5 Å². The minimum absolute atomic E-state index is 0.139. The van der Waals surface area contributed by atoms with Crippen LogP contribution in [0, 0.1) is 0 Å². The monoisotopic (exact) mass is 311 g/mol. The minimum atomic E-state index is -0.139. The van der Waals surface area contributed by atoms with Gasteiger partial charge in [0.1, 0.15) is 18.1 Å². The molecule has 2 aromatic carbocycles. The normalized spacial score (nSPS) is 10.5. The maximum Gasteiger partial charge on any atom is 0.251 e. The number of hydrogen-bond donors (Lipinski definition) is 2. The Labute approximate surface area is 133 Å². The summed E-state index contributed by atoms with van der Waals surface area (Å²) in [4.78, 5) is 19.2. The van der Waals surface area contributed by atoms with Gasteiger partial charge in [0.25, 0.3) is 5.91 Å². The molecular formula is C17H17N3O3. The number of ether oxygens (including phenoxy) is 2. The maximum atomic E-state index is 12.1. The lowest BCUT2D eigenvalue weighted by Crippen LogP contribution is -2.28. The van der Waals surface area contributed by atoms with Crippen LogP contribution in [-0.4, -0.2) is 36.1 Å². The van der Waals surface area contributed by atoms with Crippen LogP contribution >= 0.6 is 0 Å². The number of aromatic nitrogens is 2. The number of benzene rings is 2. The predicted octanol–water partition coefficient (Wildman–Crippen LogP) is 2.38. The third-order valence-electron chi connectivity index (χ3n) is 3.40. The van der Waals surface area contributed by atoms with E-state index in [1.807, 2.05) is 30.3 Å². The molecular weight excluding hydrogens is 294 g/mol. The fourth-order valence-corrected chi connectivity index (χ4v) is 2.18. The lowest BCUT2D eigenvalue weighted by atomic mass is 10.2. The number of hydrogen-bond acceptors (Lipinski definition) is 4. The summed E-state index contributed by atoms with van der Waals surface area (Å²) < 4.78 is 10.6. The summed E-state index contributed by atoms with van der Waals surface area (Å²) in [5.74, 6) is 1.37. The molecule has 6 heteroatoms. The molecule has 1 heterocycles. The van der Waals surface area contributed by atoms with E-state index in [0.29, 0.717) is 18.7 Å². The Bertz CT molecular complexity index is 796. The first-order valence-corrected chi connectivity index (χ1v) is 7.24. The Hall–Kier alpha value is -3.02. The van der Waals surface area contributed by atoms with Crippen LogP contribution in [0.25, 0.3) is 11.0 Å². The topological polar surface area (TPSA) is 76.2 Å². The average molecular weight is 311 g/mol. The SMILES string of the molecule is COc1ccc(OCCNC(=O)c2ccc3nc[nH]c3c2)cc1. The summed E-state index contributed by atoms with van der Waals surface area (Å²) in [7, 11) is 1.62. The number of nitrogens with zero attached hydrogens (tertiary/aromatic N) is 1. The van der Waals surface area contributed by atoms with Crippen LogP contribution < -0.4 is 14.8 Å². The van der Waals surface area contributed by atoms with E-state index in [2.05, 4.69) is 15.3 Å². The molecule has 2 N–H and O–H groups in total. The van der Waals surface area contributed by atoms with Gasteiger partial charge >= 0.3 is 0 Å². The van der Waals surface area contributed by atoms with Gasteiger partial charge in [0, 0.05) is 5.56 Å². The van der Waals surface area contributed by atoms with Crippen molar-refractivity contribution in [2.75, 3.05) is 20.3 Å². The van der Waals surface area contributed by atoms with Gasteiger partial charge in [-0.15, -0.1) is 0 Å². The van der Waals surface area contributed by atoms with Gasteiger partial charge in [-0.05, 0) is 42.5 Å². The zero-order valence-electron chi connectivity index (χ0n) is 12.7. The van der Waals surface area contributed by atoms with E-state index in [4.69, 9.17) is 9.47 Å². The number of carbonyl (C=O) groups excluding carboxylic acids is 1. The highest BCUT2D eigenvalue weighted by Gasteiger charge is 2.06. The zero-order chi connectivity index (χ0) is 16.1. The third kappa shape index (κ3) is 3.60. The summed E-state index contributed by atoms with van der Waals surface area (Å²) in [6, 6.07) is 12.7. The molecule has 0 aliphatic rings. The Kier molecular flexibility index (Phi) is 4.42. The van der Waals surface area contributed by atoms with Gasteiger partial charge < -0.3 is 19.8 Å². The average Bonchev–Trinajstić information content (AvgIpc) is 3.06. The van der Waals surface area contributed by atoms with Crippen molar-refractivity contribution >= 4 is 16.9 Å². The van der Waals surface area contributed by atoms with Crippen LogP contribution in [0.2, 0.25) is 0 Å². The van der Waals surface area contributed by atoms with Crippen molar-refractivity contribution in [1.82, 2.24) is 15.3 Å². The number of rotatable bonds is 6. The minimum Gasteiger partial charge on any atom is -0.497 e. The molecule has 0 spiro atoms. The van der Waals surface area contributed by atoms with Crippen LogP contribution in [0.1, 0.15) is 10.4 Å². The Morgan fingerprint density at radius 1 is 1.17 bits per heavy atom. The van der Waals surface area contributed by atoms with E-state index in [9.17, 15) is 4.79 Å². The first-order valence-electron chi connectivity index (χ1n) is 7.24. The molecule has 0 unspecified atom stereocenters. The molecule has 0 aliphatic carbocycles. The van der Waals surface area contributed by atoms with Crippen LogP contribution in [0.15, 0.2) is 48.8 Å². The lowest BCUT2D eigenvalue weighted by molar-refractivity contribution is 0.0947. The summed E-state index contributed by atoms with van der Waals surface area (Å²) in [6.07, 6.45) is 1.61. The largest absolute Gasteiger partial charge is 0.497 e. The number of H-pyrrole nitrogens is 1. The molecule has 0 fully saturated rings. The fraction of sp³-hybridized carbons (Fsp3) is 0.176. The van der Waals surface area contributed by atoms with Crippen molar-refractivity contribution in [3.63, 3.8) is 0 Å². The quantitative estimate of drug-likeness (QED) is 0.685. The smallest absolute Gasteiger partial charge is 0.251 e. The highest BCUT2D eigenvalue weighted by atomic mass is 16.5. The zero-order valence-corrected chi connectivity index (χ0v) is 12.7. The molecule has 118 valence electrons. The van der Waals surface area contributed by atoms with Gasteiger partial charge in [0.2, 0.25) is 0 Å². The molecule has 0 saturated heterocycles. The number of amides is 1. The first kappa shape index (κ1) is 14.9. The standard InChI is InChI=1S/C17H17N3O3/c1-22-13-3-5-14(6-4-13)23-9-8-18-17(21)12-2-7-15-16(10-12)20-11-19-15/h2-7,10-11H,8-9H2,1H3,(H,18,21)(H,19,20). The number of nitrogens with one attached hydrogen (secondary N) is 2. The molecule has 1 aromatic heterocycles. The molecule has 0 atom stereocenters. The van der Waals surface area contributed by atoms with E-state index >= 15 is 0 Å². The van der Waals surface area contributed by atoms with Crippen molar-refractivity contribution in [2.24, 2.45) is 0 Å². The number of carbonyl (C=O) groups is 1. The third-order valence-corrected chi connectivity index (χ3v) is 3.40. The number of aromatic amines is 1. The van der Waals surface area contributed by atoms with Gasteiger partial charge in [-0.2, -0.15) is 0 Å². The molecule has 3 rings (SSSR count). The second kappa shape index (κ2) is 6.83. The lowest BCUT2D eigenvalue weighted by Gasteiger charge is -2.08. The van der Waals surface area contributed by atoms with E-state index < -0.39 is 0 Å². The molecule has 0 saturated carbocycles. The van der Waals surface area contributed by atoms with Crippen LogP contribution in [-0.2, 0) is 0 Å². The summed E-state index contributed by atoms with van der Waals surface area (Å²) in [6.45, 7) is 0.816. The Balaban J connectivity index is 1.48. The van der Waals surface area contributed by atoms with Gasteiger partial charge in [-0.3, -0.25) is 4.79 Å². The van der Waals surface area contributed by atoms with E-state index in [-0.39, 0.29) is 5.91 Å². The van der Waals surface area contributed by atoms with Crippen LogP contribution in [0.5, 0.6) is 11.5 Å². The van der Waals surface area contributed by atoms with Gasteiger partial charge in [0.05, 0.1) is 31.0 Å². The molecule has 6 nitrogen and oxygen atoms in total. The molecule has 1 amide bonds. The first-order chi connectivity index (χ1) is 11.3. The summed E-state index contributed by atoms with van der Waals surface area (Å²) >= 11 is 0. The van der Waals surface area contributed by atoms with Crippen molar-refractivity contribution in [3.05, 3.63) is 54.4 Å². The van der Waals surface area contributed by atoms with Crippen molar-refractivity contribution in [1.29, 1.82) is 0 Å². The summed E-state index contributed by atoms with van der Waals surface area (Å²) in [5.41, 5.74) is 2.27. The van der Waals surface area contributed by atoms with Crippen molar-refractivity contribution < 1.29 is 14.3 Å². The fourth-order valence-electron chi connectivity index (χ4n) is 2.18. The molecule has 3 aromatic rings. The van der Waals surface area contributed by atoms with Crippen LogP contribution in [0.4, 0.5) is 0 Å². The molecule has 0 aliphatic heterocycles. The Morgan fingerprint density at radius 2 is 1.96 bits per heavy atom. The van der Waals surface area contributed by atoms with Gasteiger partial charge in [0.15, 0.2) is 0 Å². The predicted molar refractivity (Wildman–Crippen MR) is 86.9 cm³/mol. The second-order valence-corrected chi connectivity index (χ2v) is 4.91. The number of fused-ring (bicyclic) bond motifs is 1. The second-order valence-electron chi connectivity index (χ2n) is 4.91. The van der Waals surface area contributed by atoms with Gasteiger partial charge in [-0.25, -0.2) is 4.98 Å².